The van der Waals surface area contributed by atoms with Crippen LogP contribution >= 0.6 is 0 Å². The molecule has 0 aliphatic heterocycles. The number of hydrogen-bond donors (Lipinski definition) is 3. The van der Waals surface area contributed by atoms with Gasteiger partial charge in [-0.15, -0.1) is 0 Å². The fraction of sp³-hybridized carbons (Fsp3) is 0. The van der Waals surface area contributed by atoms with Gasteiger partial charge in [0.1, 0.15) is 17.4 Å². The Morgan fingerprint density at radius 2 is 1.91 bits per heavy atom. The maximum absolute atomic E-state index is 12.2. The van der Waals surface area contributed by atoms with Crippen molar-refractivity contribution in [1.82, 2.24) is 4.98 Å². The second-order valence-electron chi connectivity index (χ2n) is 4.96. The first-order chi connectivity index (χ1) is 11.2. The fourth-order valence-electron chi connectivity index (χ4n) is 2.26. The molecule has 1 aromatic heterocycles. The van der Waals surface area contributed by atoms with E-state index >= 15 is 0 Å². The number of phenols is 1. The van der Waals surface area contributed by atoms with Crippen molar-refractivity contribution < 1.29 is 9.90 Å². The molecule has 1 heterocycles. The quantitative estimate of drug-likeness (QED) is 0.393. The molecule has 3 rings (SSSR count). The molecule has 0 bridgehead atoms. The molecule has 1 amide bonds. The number of nitriles is 1. The summed E-state index contributed by atoms with van der Waals surface area (Å²) in [5.41, 5.74) is 2.23. The minimum atomic E-state index is -0.497. The number of nitrogens with one attached hydrogen (secondary N) is 2. The monoisotopic (exact) mass is 303 g/mol. The maximum atomic E-state index is 12.2. The normalized spacial score (nSPS) is 11.2. The van der Waals surface area contributed by atoms with E-state index in [-0.39, 0.29) is 11.3 Å². The van der Waals surface area contributed by atoms with E-state index in [2.05, 4.69) is 10.3 Å². The Morgan fingerprint density at radius 3 is 2.65 bits per heavy atom. The SMILES string of the molecule is N#C/C(=C\c1c[nH]c2ccccc12)C(=O)Nc1ccc(O)cc1. The third-order valence-corrected chi connectivity index (χ3v) is 3.41. The third-order valence-electron chi connectivity index (χ3n) is 3.41. The van der Waals surface area contributed by atoms with Crippen LogP contribution in [0.4, 0.5) is 5.69 Å². The Kier molecular flexibility index (Phi) is 3.81. The molecule has 5 nitrogen and oxygen atoms in total. The van der Waals surface area contributed by atoms with E-state index in [0.29, 0.717) is 5.69 Å². The van der Waals surface area contributed by atoms with Crippen LogP contribution in [0.5, 0.6) is 5.75 Å². The van der Waals surface area contributed by atoms with E-state index < -0.39 is 5.91 Å². The Balaban J connectivity index is 1.88. The van der Waals surface area contributed by atoms with E-state index in [9.17, 15) is 15.2 Å². The Morgan fingerprint density at radius 1 is 1.17 bits per heavy atom. The van der Waals surface area contributed by atoms with Gasteiger partial charge in [0.2, 0.25) is 0 Å². The molecule has 0 aliphatic rings. The molecule has 23 heavy (non-hydrogen) atoms. The molecule has 5 heteroatoms. The zero-order valence-electron chi connectivity index (χ0n) is 12.1. The molecular formula is C18H13N3O2. The molecule has 0 radical (unpaired) electrons. The van der Waals surface area contributed by atoms with E-state index in [1.54, 1.807) is 24.4 Å². The largest absolute Gasteiger partial charge is 0.508 e. The lowest BCUT2D eigenvalue weighted by Crippen LogP contribution is -2.13. The number of nitrogens with zero attached hydrogens (tertiary/aromatic N) is 1. The van der Waals surface area contributed by atoms with Crippen molar-refractivity contribution in [2.24, 2.45) is 0 Å². The molecule has 112 valence electrons. The number of aromatic amines is 1. The number of fused-ring (bicyclic) bond motifs is 1. The number of carbonyl (C=O) groups excluding carboxylic acids is 1. The molecule has 0 unspecified atom stereocenters. The van der Waals surface area contributed by atoms with Crippen LogP contribution in [0.3, 0.4) is 0 Å². The fourth-order valence-corrected chi connectivity index (χ4v) is 2.26. The molecule has 2 aromatic carbocycles. The lowest BCUT2D eigenvalue weighted by atomic mass is 10.1. The minimum absolute atomic E-state index is 0.00262. The number of benzene rings is 2. The summed E-state index contributed by atoms with van der Waals surface area (Å²) in [6.45, 7) is 0. The van der Waals surface area contributed by atoms with Crippen LogP contribution in [0.2, 0.25) is 0 Å². The third kappa shape index (κ3) is 3.06. The van der Waals surface area contributed by atoms with E-state index in [1.807, 2.05) is 30.3 Å². The number of rotatable bonds is 3. The van der Waals surface area contributed by atoms with Gasteiger partial charge in [-0.1, -0.05) is 18.2 Å². The van der Waals surface area contributed by atoms with Crippen LogP contribution in [0.25, 0.3) is 17.0 Å². The number of H-pyrrole nitrogens is 1. The second-order valence-corrected chi connectivity index (χ2v) is 4.96. The molecule has 0 atom stereocenters. The summed E-state index contributed by atoms with van der Waals surface area (Å²) in [5, 5.41) is 22.1. The molecule has 0 aliphatic carbocycles. The number of amides is 1. The first kappa shape index (κ1) is 14.4. The lowest BCUT2D eigenvalue weighted by molar-refractivity contribution is -0.112. The highest BCUT2D eigenvalue weighted by Gasteiger charge is 2.11. The standard InChI is InChI=1S/C18H13N3O2/c19-10-12(18(23)21-14-5-7-15(22)8-6-14)9-13-11-20-17-4-2-1-3-16(13)17/h1-9,11,20,22H,(H,21,23)/b12-9+. The summed E-state index contributed by atoms with van der Waals surface area (Å²) >= 11 is 0. The second kappa shape index (κ2) is 6.08. The van der Waals surface area contributed by atoms with E-state index in [4.69, 9.17) is 0 Å². The van der Waals surface area contributed by atoms with Crippen LogP contribution in [0.15, 0.2) is 60.3 Å². The van der Waals surface area contributed by atoms with Gasteiger partial charge in [0.25, 0.3) is 5.91 Å². The number of phenolic OH excluding ortho intramolecular Hbond substituents is 1. The van der Waals surface area contributed by atoms with Gasteiger partial charge in [-0.25, -0.2) is 0 Å². The average molecular weight is 303 g/mol. The predicted molar refractivity (Wildman–Crippen MR) is 88.6 cm³/mol. The first-order valence-corrected chi connectivity index (χ1v) is 6.95. The topological polar surface area (TPSA) is 88.9 Å². The summed E-state index contributed by atoms with van der Waals surface area (Å²) in [5.74, 6) is -0.388. The van der Waals surface area contributed by atoms with Gasteiger partial charge < -0.3 is 15.4 Å². The van der Waals surface area contributed by atoms with Crippen molar-refractivity contribution in [1.29, 1.82) is 5.26 Å². The van der Waals surface area contributed by atoms with E-state index in [0.717, 1.165) is 16.5 Å². The van der Waals surface area contributed by atoms with Crippen molar-refractivity contribution in [3.8, 4) is 11.8 Å². The average Bonchev–Trinajstić information content (AvgIpc) is 2.97. The predicted octanol–water partition coefficient (Wildman–Crippen LogP) is 3.42. The molecule has 0 saturated carbocycles. The summed E-state index contributed by atoms with van der Waals surface area (Å²) in [6.07, 6.45) is 3.31. The van der Waals surface area contributed by atoms with Crippen LogP contribution in [-0.2, 0) is 4.79 Å². The maximum Gasteiger partial charge on any atom is 0.266 e. The number of aromatic hydroxyl groups is 1. The molecule has 0 spiro atoms. The number of para-hydroxylation sites is 1. The highest BCUT2D eigenvalue weighted by Crippen LogP contribution is 2.21. The zero-order chi connectivity index (χ0) is 16.2. The summed E-state index contributed by atoms with van der Waals surface area (Å²) in [7, 11) is 0. The smallest absolute Gasteiger partial charge is 0.266 e. The van der Waals surface area contributed by atoms with Crippen molar-refractivity contribution in [3.63, 3.8) is 0 Å². The van der Waals surface area contributed by atoms with Gasteiger partial charge in [0, 0.05) is 28.4 Å². The number of hydrogen-bond acceptors (Lipinski definition) is 3. The Bertz CT molecular complexity index is 931. The summed E-state index contributed by atoms with van der Waals surface area (Å²) < 4.78 is 0. The van der Waals surface area contributed by atoms with Crippen LogP contribution in [-0.4, -0.2) is 16.0 Å². The first-order valence-electron chi connectivity index (χ1n) is 6.95. The molecule has 0 fully saturated rings. The summed E-state index contributed by atoms with van der Waals surface area (Å²) in [4.78, 5) is 15.3. The van der Waals surface area contributed by atoms with Crippen molar-refractivity contribution in [2.75, 3.05) is 5.32 Å². The Hall–Kier alpha value is -3.52. The van der Waals surface area contributed by atoms with Crippen LogP contribution in [0.1, 0.15) is 5.56 Å². The lowest BCUT2D eigenvalue weighted by Gasteiger charge is -2.04. The molecule has 3 aromatic rings. The highest BCUT2D eigenvalue weighted by atomic mass is 16.3. The van der Waals surface area contributed by atoms with Crippen molar-refractivity contribution in [3.05, 3.63) is 65.9 Å². The Labute approximate surface area is 132 Å². The van der Waals surface area contributed by atoms with Crippen LogP contribution < -0.4 is 5.32 Å². The molecule has 0 saturated heterocycles. The van der Waals surface area contributed by atoms with Crippen molar-refractivity contribution in [2.45, 2.75) is 0 Å². The molecule has 3 N–H and O–H groups in total. The van der Waals surface area contributed by atoms with Gasteiger partial charge in [-0.3, -0.25) is 4.79 Å². The summed E-state index contributed by atoms with van der Waals surface area (Å²) in [6, 6.07) is 15.6. The highest BCUT2D eigenvalue weighted by molar-refractivity contribution is 6.10. The van der Waals surface area contributed by atoms with Gasteiger partial charge in [-0.05, 0) is 36.4 Å². The van der Waals surface area contributed by atoms with Gasteiger partial charge in [0.05, 0.1) is 0 Å². The van der Waals surface area contributed by atoms with Crippen molar-refractivity contribution >= 4 is 28.6 Å². The van der Waals surface area contributed by atoms with Gasteiger partial charge >= 0.3 is 0 Å². The van der Waals surface area contributed by atoms with E-state index in [1.165, 1.54) is 12.1 Å². The van der Waals surface area contributed by atoms with Gasteiger partial charge in [-0.2, -0.15) is 5.26 Å². The number of aromatic nitrogens is 1. The van der Waals surface area contributed by atoms with Crippen LogP contribution in [0, 0.1) is 11.3 Å². The zero-order valence-corrected chi connectivity index (χ0v) is 12.1. The van der Waals surface area contributed by atoms with Gasteiger partial charge in [0.15, 0.2) is 0 Å². The number of carbonyl (C=O) groups is 1. The number of anilines is 1. The minimum Gasteiger partial charge on any atom is -0.508 e. The molecular weight excluding hydrogens is 290 g/mol.